The minimum Gasteiger partial charge on any atom is -0.387 e. The van der Waals surface area contributed by atoms with E-state index in [0.29, 0.717) is 12.5 Å². The van der Waals surface area contributed by atoms with Gasteiger partial charge in [-0.3, -0.25) is 4.98 Å². The highest BCUT2D eigenvalue weighted by Crippen LogP contribution is 2.32. The second-order valence-corrected chi connectivity index (χ2v) is 7.31. The molecule has 3 heteroatoms. The van der Waals surface area contributed by atoms with E-state index in [4.69, 9.17) is 0 Å². The first-order valence-electron chi connectivity index (χ1n) is 8.43. The van der Waals surface area contributed by atoms with E-state index in [9.17, 15) is 5.11 Å². The largest absolute Gasteiger partial charge is 0.387 e. The van der Waals surface area contributed by atoms with Crippen molar-refractivity contribution in [3.05, 3.63) is 65.5 Å². The number of fused-ring (bicyclic) bond motifs is 1. The van der Waals surface area contributed by atoms with Crippen LogP contribution in [-0.4, -0.2) is 22.2 Å². The molecule has 2 aromatic rings. The van der Waals surface area contributed by atoms with Gasteiger partial charge < -0.3 is 10.4 Å². The predicted molar refractivity (Wildman–Crippen MR) is 93.2 cm³/mol. The average Bonchev–Trinajstić information content (AvgIpc) is 2.95. The molecule has 1 aliphatic carbocycles. The number of aliphatic hydroxyl groups is 1. The number of rotatable bonds is 6. The third-order valence-corrected chi connectivity index (χ3v) is 4.80. The summed E-state index contributed by atoms with van der Waals surface area (Å²) in [6.07, 6.45) is 6.42. The molecule has 1 aliphatic rings. The zero-order valence-corrected chi connectivity index (χ0v) is 14.0. The summed E-state index contributed by atoms with van der Waals surface area (Å²) in [5.41, 5.74) is 3.94. The standard InChI is InChI=1S/C20H26N2O/c1-20(2,22-14-19(23)16-7-9-21-10-8-16)13-15-11-17-5-3-4-6-18(17)12-15/h3-10,15,19,22-23H,11-14H2,1-2H3. The lowest BCUT2D eigenvalue weighted by Crippen LogP contribution is -2.43. The maximum Gasteiger partial charge on any atom is 0.0915 e. The van der Waals surface area contributed by atoms with E-state index >= 15 is 0 Å². The molecule has 0 bridgehead atoms. The Labute approximate surface area is 138 Å². The number of nitrogens with one attached hydrogen (secondary N) is 1. The van der Waals surface area contributed by atoms with Crippen LogP contribution in [-0.2, 0) is 12.8 Å². The highest BCUT2D eigenvalue weighted by molar-refractivity contribution is 5.32. The Morgan fingerprint density at radius 1 is 1.13 bits per heavy atom. The number of benzene rings is 1. The first-order chi connectivity index (χ1) is 11.0. The van der Waals surface area contributed by atoms with E-state index in [2.05, 4.69) is 48.4 Å². The van der Waals surface area contributed by atoms with Gasteiger partial charge in [-0.1, -0.05) is 24.3 Å². The zero-order valence-electron chi connectivity index (χ0n) is 14.0. The SMILES string of the molecule is CC(C)(CC1Cc2ccccc2C1)NCC(O)c1ccncc1. The van der Waals surface area contributed by atoms with E-state index in [-0.39, 0.29) is 5.54 Å². The lowest BCUT2D eigenvalue weighted by Gasteiger charge is -2.30. The molecule has 23 heavy (non-hydrogen) atoms. The van der Waals surface area contributed by atoms with Crippen molar-refractivity contribution < 1.29 is 5.11 Å². The van der Waals surface area contributed by atoms with Crippen LogP contribution in [0.25, 0.3) is 0 Å². The molecule has 3 rings (SSSR count). The predicted octanol–water partition coefficient (Wildman–Crippen LogP) is 3.29. The van der Waals surface area contributed by atoms with Crippen LogP contribution in [0.15, 0.2) is 48.8 Å². The molecule has 0 saturated carbocycles. The topological polar surface area (TPSA) is 45.1 Å². The first-order valence-corrected chi connectivity index (χ1v) is 8.43. The van der Waals surface area contributed by atoms with Gasteiger partial charge in [0.1, 0.15) is 0 Å². The van der Waals surface area contributed by atoms with E-state index in [0.717, 1.165) is 12.0 Å². The van der Waals surface area contributed by atoms with Gasteiger partial charge in [0, 0.05) is 24.5 Å². The smallest absolute Gasteiger partial charge is 0.0915 e. The number of pyridine rings is 1. The van der Waals surface area contributed by atoms with Gasteiger partial charge >= 0.3 is 0 Å². The molecule has 1 atom stereocenters. The second-order valence-electron chi connectivity index (χ2n) is 7.31. The number of hydrogen-bond donors (Lipinski definition) is 2. The van der Waals surface area contributed by atoms with Crippen molar-refractivity contribution in [2.45, 2.75) is 44.8 Å². The monoisotopic (exact) mass is 310 g/mol. The minimum atomic E-state index is -0.488. The van der Waals surface area contributed by atoms with Crippen LogP contribution < -0.4 is 5.32 Å². The van der Waals surface area contributed by atoms with Crippen LogP contribution in [0.3, 0.4) is 0 Å². The molecule has 0 radical (unpaired) electrons. The van der Waals surface area contributed by atoms with Gasteiger partial charge in [-0.05, 0) is 67.9 Å². The van der Waals surface area contributed by atoms with Crippen molar-refractivity contribution in [3.8, 4) is 0 Å². The fraction of sp³-hybridized carbons (Fsp3) is 0.450. The van der Waals surface area contributed by atoms with Crippen molar-refractivity contribution in [2.75, 3.05) is 6.54 Å². The van der Waals surface area contributed by atoms with Crippen molar-refractivity contribution in [1.82, 2.24) is 10.3 Å². The summed E-state index contributed by atoms with van der Waals surface area (Å²) < 4.78 is 0. The normalized spacial score (nSPS) is 16.3. The van der Waals surface area contributed by atoms with Crippen molar-refractivity contribution in [1.29, 1.82) is 0 Å². The van der Waals surface area contributed by atoms with E-state index in [1.165, 1.54) is 24.0 Å². The summed E-state index contributed by atoms with van der Waals surface area (Å²) in [4.78, 5) is 3.99. The molecule has 1 aromatic heterocycles. The molecule has 0 fully saturated rings. The molecule has 0 aliphatic heterocycles. The summed E-state index contributed by atoms with van der Waals surface area (Å²) in [5, 5.41) is 13.8. The molecule has 0 saturated heterocycles. The maximum absolute atomic E-state index is 10.3. The van der Waals surface area contributed by atoms with Crippen molar-refractivity contribution in [2.24, 2.45) is 5.92 Å². The van der Waals surface area contributed by atoms with Gasteiger partial charge in [-0.25, -0.2) is 0 Å². The number of aliphatic hydroxyl groups excluding tert-OH is 1. The van der Waals surface area contributed by atoms with E-state index < -0.39 is 6.10 Å². The number of β-amino-alcohol motifs (C(OH)–C–C–N with tert-alkyl or cyclic N) is 1. The van der Waals surface area contributed by atoms with Crippen molar-refractivity contribution in [3.63, 3.8) is 0 Å². The molecule has 122 valence electrons. The highest BCUT2D eigenvalue weighted by atomic mass is 16.3. The third-order valence-electron chi connectivity index (χ3n) is 4.80. The van der Waals surface area contributed by atoms with Crippen LogP contribution in [0.4, 0.5) is 0 Å². The summed E-state index contributed by atoms with van der Waals surface area (Å²) in [6, 6.07) is 12.5. The van der Waals surface area contributed by atoms with E-state index in [1.807, 2.05) is 12.1 Å². The number of aromatic nitrogens is 1. The minimum absolute atomic E-state index is 0.0146. The van der Waals surface area contributed by atoms with Crippen LogP contribution in [0.1, 0.15) is 43.1 Å². The van der Waals surface area contributed by atoms with Crippen LogP contribution in [0.5, 0.6) is 0 Å². The molecule has 1 aromatic carbocycles. The van der Waals surface area contributed by atoms with Gasteiger partial charge in [-0.15, -0.1) is 0 Å². The lowest BCUT2D eigenvalue weighted by atomic mass is 9.88. The fourth-order valence-electron chi connectivity index (χ4n) is 3.66. The Bertz CT molecular complexity index is 614. The van der Waals surface area contributed by atoms with Gasteiger partial charge in [0.05, 0.1) is 6.10 Å². The number of nitrogens with zero attached hydrogens (tertiary/aromatic N) is 1. The summed E-state index contributed by atoms with van der Waals surface area (Å²) in [6.45, 7) is 5.03. The Morgan fingerprint density at radius 2 is 1.74 bits per heavy atom. The van der Waals surface area contributed by atoms with Gasteiger partial charge in [-0.2, -0.15) is 0 Å². The van der Waals surface area contributed by atoms with Gasteiger partial charge in [0.15, 0.2) is 0 Å². The summed E-state index contributed by atoms with van der Waals surface area (Å²) in [7, 11) is 0. The van der Waals surface area contributed by atoms with Crippen LogP contribution in [0.2, 0.25) is 0 Å². The molecular formula is C20H26N2O. The maximum atomic E-state index is 10.3. The molecule has 0 spiro atoms. The Morgan fingerprint density at radius 3 is 2.35 bits per heavy atom. The Kier molecular flexibility index (Phi) is 4.79. The number of hydrogen-bond acceptors (Lipinski definition) is 3. The Hall–Kier alpha value is -1.71. The molecule has 0 amide bonds. The third kappa shape index (κ3) is 4.18. The first kappa shape index (κ1) is 16.2. The molecule has 1 heterocycles. The molecule has 1 unspecified atom stereocenters. The quantitative estimate of drug-likeness (QED) is 0.860. The van der Waals surface area contributed by atoms with E-state index in [1.54, 1.807) is 12.4 Å². The summed E-state index contributed by atoms with van der Waals surface area (Å²) >= 11 is 0. The zero-order chi connectivity index (χ0) is 16.3. The molecule has 3 nitrogen and oxygen atoms in total. The van der Waals surface area contributed by atoms with Crippen LogP contribution in [0, 0.1) is 5.92 Å². The molecule has 2 N–H and O–H groups in total. The van der Waals surface area contributed by atoms with Crippen molar-refractivity contribution >= 4 is 0 Å². The second kappa shape index (κ2) is 6.81. The summed E-state index contributed by atoms with van der Waals surface area (Å²) in [5.74, 6) is 0.688. The highest BCUT2D eigenvalue weighted by Gasteiger charge is 2.28. The van der Waals surface area contributed by atoms with Gasteiger partial charge in [0.25, 0.3) is 0 Å². The fourth-order valence-corrected chi connectivity index (χ4v) is 3.66. The molecular weight excluding hydrogens is 284 g/mol. The van der Waals surface area contributed by atoms with Crippen LogP contribution >= 0.6 is 0 Å². The average molecular weight is 310 g/mol. The van der Waals surface area contributed by atoms with Gasteiger partial charge in [0.2, 0.25) is 0 Å². The Balaban J connectivity index is 1.52. The lowest BCUT2D eigenvalue weighted by molar-refractivity contribution is 0.155.